The molecular weight excluding hydrogens is 163 g/mol. The van der Waals surface area contributed by atoms with Crippen LogP contribution in [0.15, 0.2) is 24.3 Å². The summed E-state index contributed by atoms with van der Waals surface area (Å²) in [7, 11) is 0. The lowest BCUT2D eigenvalue weighted by atomic mass is 10.3. The van der Waals surface area contributed by atoms with Gasteiger partial charge in [-0.25, -0.2) is 4.39 Å². The third kappa shape index (κ3) is 2.42. The second kappa shape index (κ2) is 4.23. The summed E-state index contributed by atoms with van der Waals surface area (Å²) in [6, 6.07) is 6.33. The summed E-state index contributed by atoms with van der Waals surface area (Å²) in [6.07, 6.45) is 0. The van der Waals surface area contributed by atoms with Crippen molar-refractivity contribution in [2.45, 2.75) is 0 Å². The minimum atomic E-state index is -0.325. The number of ether oxygens (including phenoxy) is 1. The van der Waals surface area contributed by atoms with Crippen LogP contribution in [-0.4, -0.2) is 12.4 Å². The van der Waals surface area contributed by atoms with E-state index in [1.165, 1.54) is 6.07 Å². The van der Waals surface area contributed by atoms with Gasteiger partial charge in [-0.15, -0.1) is 0 Å². The van der Waals surface area contributed by atoms with Gasteiger partial charge in [-0.2, -0.15) is 12.6 Å². The van der Waals surface area contributed by atoms with Gasteiger partial charge < -0.3 is 4.74 Å². The van der Waals surface area contributed by atoms with Crippen LogP contribution in [0.4, 0.5) is 4.39 Å². The van der Waals surface area contributed by atoms with Crippen LogP contribution < -0.4 is 4.74 Å². The normalized spacial score (nSPS) is 9.64. The van der Waals surface area contributed by atoms with Gasteiger partial charge in [-0.1, -0.05) is 12.1 Å². The maximum absolute atomic E-state index is 12.8. The molecule has 0 N–H and O–H groups in total. The van der Waals surface area contributed by atoms with Crippen LogP contribution in [0.25, 0.3) is 0 Å². The summed E-state index contributed by atoms with van der Waals surface area (Å²) in [5, 5.41) is 0. The topological polar surface area (TPSA) is 9.23 Å². The number of hydrogen-bond donors (Lipinski definition) is 1. The number of halogens is 1. The van der Waals surface area contributed by atoms with Crippen molar-refractivity contribution in [3.8, 4) is 5.75 Å². The Kier molecular flexibility index (Phi) is 3.23. The molecule has 0 bridgehead atoms. The molecule has 0 heterocycles. The minimum absolute atomic E-state index is 0.293. The molecule has 1 aromatic rings. The summed E-state index contributed by atoms with van der Waals surface area (Å²) in [5.74, 6) is 0.560. The van der Waals surface area contributed by atoms with Crippen molar-refractivity contribution >= 4 is 12.6 Å². The molecule has 1 aromatic carbocycles. The van der Waals surface area contributed by atoms with E-state index in [-0.39, 0.29) is 5.82 Å². The van der Waals surface area contributed by atoms with Crippen LogP contribution >= 0.6 is 12.6 Å². The van der Waals surface area contributed by atoms with Gasteiger partial charge >= 0.3 is 0 Å². The van der Waals surface area contributed by atoms with E-state index in [2.05, 4.69) is 12.6 Å². The summed E-state index contributed by atoms with van der Waals surface area (Å²) >= 11 is 3.94. The van der Waals surface area contributed by atoms with Crippen molar-refractivity contribution < 1.29 is 9.13 Å². The second-order valence-corrected chi connectivity index (χ2v) is 2.45. The molecule has 0 amide bonds. The molecule has 3 heteroatoms. The number of rotatable bonds is 3. The summed E-state index contributed by atoms with van der Waals surface area (Å²) in [5.41, 5.74) is 0. The lowest BCUT2D eigenvalue weighted by Crippen LogP contribution is -1.99. The molecule has 0 aliphatic carbocycles. The predicted octanol–water partition coefficient (Wildman–Crippen LogP) is 2.13. The largest absolute Gasteiger partial charge is 0.490 e. The highest BCUT2D eigenvalue weighted by Crippen LogP contribution is 2.14. The molecule has 0 saturated heterocycles. The Labute approximate surface area is 70.6 Å². The zero-order chi connectivity index (χ0) is 8.10. The van der Waals surface area contributed by atoms with E-state index < -0.39 is 0 Å². The molecule has 0 aliphatic heterocycles. The first kappa shape index (κ1) is 8.40. The van der Waals surface area contributed by atoms with Crippen LogP contribution in [0.2, 0.25) is 0 Å². The highest BCUT2D eigenvalue weighted by molar-refractivity contribution is 7.80. The molecule has 0 aliphatic rings. The SMILES string of the molecule is Fc1ccccc1OCCS. The molecule has 0 fully saturated rings. The Bertz CT molecular complexity index is 227. The van der Waals surface area contributed by atoms with E-state index in [1.807, 2.05) is 0 Å². The molecule has 0 saturated carbocycles. The molecule has 0 aromatic heterocycles. The molecule has 0 radical (unpaired) electrons. The number of thiol groups is 1. The fourth-order valence-corrected chi connectivity index (χ4v) is 0.809. The van der Waals surface area contributed by atoms with Gasteiger partial charge in [0, 0.05) is 5.75 Å². The first-order valence-electron chi connectivity index (χ1n) is 3.33. The van der Waals surface area contributed by atoms with Gasteiger partial charge in [0.1, 0.15) is 0 Å². The van der Waals surface area contributed by atoms with Gasteiger partial charge in [0.2, 0.25) is 0 Å². The van der Waals surface area contributed by atoms with Gasteiger partial charge in [-0.05, 0) is 12.1 Å². The third-order valence-electron chi connectivity index (χ3n) is 1.19. The van der Waals surface area contributed by atoms with Crippen LogP contribution in [0.3, 0.4) is 0 Å². The Balaban J connectivity index is 2.62. The molecule has 60 valence electrons. The average Bonchev–Trinajstić information content (AvgIpc) is 2.03. The number of para-hydroxylation sites is 1. The van der Waals surface area contributed by atoms with Crippen molar-refractivity contribution in [2.75, 3.05) is 12.4 Å². The highest BCUT2D eigenvalue weighted by atomic mass is 32.1. The maximum atomic E-state index is 12.8. The van der Waals surface area contributed by atoms with Gasteiger partial charge in [0.25, 0.3) is 0 Å². The Morgan fingerprint density at radius 3 is 2.73 bits per heavy atom. The summed E-state index contributed by atoms with van der Waals surface area (Å²) in [6.45, 7) is 0.435. The van der Waals surface area contributed by atoms with E-state index >= 15 is 0 Å². The van der Waals surface area contributed by atoms with Crippen LogP contribution in [-0.2, 0) is 0 Å². The molecule has 1 nitrogen and oxygen atoms in total. The maximum Gasteiger partial charge on any atom is 0.165 e. The molecule has 1 rings (SSSR count). The van der Waals surface area contributed by atoms with Crippen molar-refractivity contribution in [1.29, 1.82) is 0 Å². The van der Waals surface area contributed by atoms with Crippen molar-refractivity contribution in [2.24, 2.45) is 0 Å². The van der Waals surface area contributed by atoms with E-state index in [4.69, 9.17) is 4.74 Å². The molecule has 0 atom stereocenters. The van der Waals surface area contributed by atoms with E-state index in [9.17, 15) is 4.39 Å². The molecule has 0 spiro atoms. The lowest BCUT2D eigenvalue weighted by Gasteiger charge is -2.03. The van der Waals surface area contributed by atoms with Crippen molar-refractivity contribution in [3.63, 3.8) is 0 Å². The lowest BCUT2D eigenvalue weighted by molar-refractivity contribution is 0.325. The predicted molar refractivity (Wildman–Crippen MR) is 45.7 cm³/mol. The quantitative estimate of drug-likeness (QED) is 0.687. The fraction of sp³-hybridized carbons (Fsp3) is 0.250. The first-order chi connectivity index (χ1) is 5.34. The van der Waals surface area contributed by atoms with E-state index in [1.54, 1.807) is 18.2 Å². The van der Waals surface area contributed by atoms with Crippen LogP contribution in [0.5, 0.6) is 5.75 Å². The highest BCUT2D eigenvalue weighted by Gasteiger charge is 1.98. The Morgan fingerprint density at radius 2 is 2.09 bits per heavy atom. The van der Waals surface area contributed by atoms with Crippen molar-refractivity contribution in [3.05, 3.63) is 30.1 Å². The van der Waals surface area contributed by atoms with Crippen LogP contribution in [0, 0.1) is 5.82 Å². The fourth-order valence-electron chi connectivity index (χ4n) is 0.717. The Morgan fingerprint density at radius 1 is 1.36 bits per heavy atom. The second-order valence-electron chi connectivity index (χ2n) is 2.00. The average molecular weight is 172 g/mol. The van der Waals surface area contributed by atoms with Gasteiger partial charge in [0.05, 0.1) is 6.61 Å². The molecule has 0 unspecified atom stereocenters. The summed E-state index contributed by atoms with van der Waals surface area (Å²) < 4.78 is 17.8. The zero-order valence-corrected chi connectivity index (χ0v) is 6.85. The number of hydrogen-bond acceptors (Lipinski definition) is 2. The Hall–Kier alpha value is -0.700. The van der Waals surface area contributed by atoms with Crippen molar-refractivity contribution in [1.82, 2.24) is 0 Å². The smallest absolute Gasteiger partial charge is 0.165 e. The van der Waals surface area contributed by atoms with Gasteiger partial charge in [-0.3, -0.25) is 0 Å². The third-order valence-corrected chi connectivity index (χ3v) is 1.37. The molecule has 11 heavy (non-hydrogen) atoms. The van der Waals surface area contributed by atoms with Crippen LogP contribution in [0.1, 0.15) is 0 Å². The number of benzene rings is 1. The minimum Gasteiger partial charge on any atom is -0.490 e. The monoisotopic (exact) mass is 172 g/mol. The standard InChI is InChI=1S/C8H9FOS/c9-7-3-1-2-4-8(7)10-5-6-11/h1-4,11H,5-6H2. The zero-order valence-electron chi connectivity index (χ0n) is 5.96. The first-order valence-corrected chi connectivity index (χ1v) is 3.96. The molecular formula is C8H9FOS. The van der Waals surface area contributed by atoms with E-state index in [0.29, 0.717) is 18.1 Å². The van der Waals surface area contributed by atoms with Gasteiger partial charge in [0.15, 0.2) is 11.6 Å². The summed E-state index contributed by atoms with van der Waals surface area (Å²) in [4.78, 5) is 0. The van der Waals surface area contributed by atoms with E-state index in [0.717, 1.165) is 0 Å².